The van der Waals surface area contributed by atoms with Crippen LogP contribution in [0.3, 0.4) is 0 Å². The Labute approximate surface area is 253 Å². The van der Waals surface area contributed by atoms with Crippen molar-refractivity contribution in [3.8, 4) is 0 Å². The highest BCUT2D eigenvalue weighted by atomic mass is 16.5. The molecule has 1 aliphatic rings. The summed E-state index contributed by atoms with van der Waals surface area (Å²) in [6.45, 7) is 5.31. The fourth-order valence-corrected chi connectivity index (χ4v) is 5.14. The van der Waals surface area contributed by atoms with Crippen LogP contribution in [-0.2, 0) is 11.2 Å². The molecule has 4 aromatic rings. The molecule has 0 atom stereocenters. The van der Waals surface area contributed by atoms with Gasteiger partial charge in [-0.05, 0) is 103 Å². The second-order valence-electron chi connectivity index (χ2n) is 10.8. The Morgan fingerprint density at radius 2 is 1.26 bits per heavy atom. The summed E-state index contributed by atoms with van der Waals surface area (Å²) < 4.78 is 5.44. The first-order valence-corrected chi connectivity index (χ1v) is 14.6. The molecule has 8 nitrogen and oxygen atoms in total. The van der Waals surface area contributed by atoms with Gasteiger partial charge in [0.25, 0.3) is 11.8 Å². The van der Waals surface area contributed by atoms with E-state index >= 15 is 0 Å². The van der Waals surface area contributed by atoms with Crippen LogP contribution < -0.4 is 25.3 Å². The zero-order chi connectivity index (χ0) is 30.3. The molecular formula is C35H39N5O3. The Morgan fingerprint density at radius 1 is 0.721 bits per heavy atom. The lowest BCUT2D eigenvalue weighted by atomic mass is 10.0. The van der Waals surface area contributed by atoms with Gasteiger partial charge in [-0.3, -0.25) is 9.59 Å². The molecule has 43 heavy (non-hydrogen) atoms. The number of ether oxygens (including phenoxy) is 1. The summed E-state index contributed by atoms with van der Waals surface area (Å²) in [6.07, 6.45) is 0.774. The molecule has 1 aliphatic heterocycles. The highest BCUT2D eigenvalue weighted by Gasteiger charge is 2.15. The van der Waals surface area contributed by atoms with Crippen LogP contribution in [0.5, 0.6) is 0 Å². The van der Waals surface area contributed by atoms with Gasteiger partial charge in [0.05, 0.1) is 13.2 Å². The van der Waals surface area contributed by atoms with Crippen molar-refractivity contribution in [2.45, 2.75) is 13.3 Å². The Balaban J connectivity index is 1.22. The van der Waals surface area contributed by atoms with E-state index in [1.54, 1.807) is 0 Å². The topological polar surface area (TPSA) is 77.2 Å². The molecule has 0 radical (unpaired) electrons. The van der Waals surface area contributed by atoms with Crippen LogP contribution in [0.1, 0.15) is 33.2 Å². The highest BCUT2D eigenvalue weighted by Crippen LogP contribution is 2.30. The zero-order valence-electron chi connectivity index (χ0n) is 25.3. The maximum Gasteiger partial charge on any atom is 0.255 e. The number of nitrogens with one attached hydrogen (secondary N) is 2. The molecule has 0 saturated carbocycles. The number of aryl methyl sites for hydroxylation is 1. The van der Waals surface area contributed by atoms with Crippen molar-refractivity contribution >= 4 is 45.9 Å². The molecule has 8 heteroatoms. The summed E-state index contributed by atoms with van der Waals surface area (Å²) in [5, 5.41) is 6.00. The van der Waals surface area contributed by atoms with E-state index < -0.39 is 0 Å². The second-order valence-corrected chi connectivity index (χ2v) is 10.8. The van der Waals surface area contributed by atoms with Gasteiger partial charge in [0.15, 0.2) is 0 Å². The van der Waals surface area contributed by atoms with Crippen LogP contribution in [0, 0.1) is 0 Å². The average molecular weight is 578 g/mol. The number of hydrogen-bond acceptors (Lipinski definition) is 6. The van der Waals surface area contributed by atoms with Gasteiger partial charge in [0.1, 0.15) is 0 Å². The minimum absolute atomic E-state index is 0.139. The summed E-state index contributed by atoms with van der Waals surface area (Å²) in [5.74, 6) is -0.291. The number of rotatable bonds is 9. The van der Waals surface area contributed by atoms with E-state index in [0.717, 1.165) is 72.4 Å². The molecule has 1 saturated heterocycles. The van der Waals surface area contributed by atoms with Crippen LogP contribution in [-0.4, -0.2) is 59.3 Å². The minimum atomic E-state index is -0.151. The van der Waals surface area contributed by atoms with Crippen LogP contribution in [0.4, 0.5) is 34.1 Å². The van der Waals surface area contributed by atoms with Gasteiger partial charge in [0, 0.05) is 79.5 Å². The van der Waals surface area contributed by atoms with Gasteiger partial charge in [0.2, 0.25) is 0 Å². The molecule has 5 rings (SSSR count). The van der Waals surface area contributed by atoms with E-state index in [2.05, 4.69) is 27.4 Å². The Kier molecular flexibility index (Phi) is 9.27. The van der Waals surface area contributed by atoms with E-state index in [9.17, 15) is 9.59 Å². The van der Waals surface area contributed by atoms with Crippen molar-refractivity contribution in [2.75, 3.05) is 72.8 Å². The van der Waals surface area contributed by atoms with Crippen LogP contribution >= 0.6 is 0 Å². The fourth-order valence-electron chi connectivity index (χ4n) is 5.14. The van der Waals surface area contributed by atoms with Crippen molar-refractivity contribution < 1.29 is 14.3 Å². The minimum Gasteiger partial charge on any atom is -0.378 e. The third-order valence-corrected chi connectivity index (χ3v) is 7.74. The number of carbonyl (C=O) groups excluding carboxylic acids is 2. The number of amides is 2. The lowest BCUT2D eigenvalue weighted by Crippen LogP contribution is -2.36. The standard InChI is InChI=1S/C35H39N5O3/c1-5-25-24-27(35(42)37-29-11-17-32(18-12-29)40-20-22-43-23-21-40)8-19-33(25)39(4)31-15-9-28(10-16-31)36-34(41)26-6-13-30(14-7-26)38(2)3/h6-19,24H,5,20-23H2,1-4H3,(H,36,41)(H,37,42). The third-order valence-electron chi connectivity index (χ3n) is 7.74. The molecular weight excluding hydrogens is 538 g/mol. The number of nitrogens with zero attached hydrogens (tertiary/aromatic N) is 3. The number of carbonyl (C=O) groups is 2. The average Bonchev–Trinajstić information content (AvgIpc) is 3.05. The van der Waals surface area contributed by atoms with Gasteiger partial charge in [-0.1, -0.05) is 6.92 Å². The van der Waals surface area contributed by atoms with Crippen LogP contribution in [0.15, 0.2) is 91.0 Å². The Morgan fingerprint density at radius 3 is 1.84 bits per heavy atom. The van der Waals surface area contributed by atoms with E-state index in [-0.39, 0.29) is 11.8 Å². The van der Waals surface area contributed by atoms with Gasteiger partial charge in [-0.15, -0.1) is 0 Å². The summed E-state index contributed by atoms with van der Waals surface area (Å²) in [5.41, 5.74) is 7.93. The lowest BCUT2D eigenvalue weighted by Gasteiger charge is -2.28. The summed E-state index contributed by atoms with van der Waals surface area (Å²) in [4.78, 5) is 32.2. The molecule has 1 fully saturated rings. The SMILES string of the molecule is CCc1cc(C(=O)Nc2ccc(N3CCOCC3)cc2)ccc1N(C)c1ccc(NC(=O)c2ccc(N(C)C)cc2)cc1. The van der Waals surface area contributed by atoms with E-state index in [1.165, 1.54) is 0 Å². The van der Waals surface area contributed by atoms with Gasteiger partial charge in [-0.2, -0.15) is 0 Å². The molecule has 222 valence electrons. The molecule has 0 aliphatic carbocycles. The maximum atomic E-state index is 13.1. The Bertz CT molecular complexity index is 1540. The first kappa shape index (κ1) is 29.7. The van der Waals surface area contributed by atoms with Crippen molar-refractivity contribution in [1.82, 2.24) is 0 Å². The smallest absolute Gasteiger partial charge is 0.255 e. The molecule has 0 unspecified atom stereocenters. The van der Waals surface area contributed by atoms with Gasteiger partial charge < -0.3 is 30.1 Å². The maximum absolute atomic E-state index is 13.1. The summed E-state index contributed by atoms with van der Waals surface area (Å²) in [7, 11) is 5.94. The third kappa shape index (κ3) is 7.16. The first-order chi connectivity index (χ1) is 20.8. The van der Waals surface area contributed by atoms with Crippen molar-refractivity contribution in [3.05, 3.63) is 108 Å². The predicted molar refractivity (Wildman–Crippen MR) is 176 cm³/mol. The summed E-state index contributed by atoms with van der Waals surface area (Å²) in [6, 6.07) is 29.0. The molecule has 0 bridgehead atoms. The highest BCUT2D eigenvalue weighted by molar-refractivity contribution is 6.05. The van der Waals surface area contributed by atoms with Gasteiger partial charge >= 0.3 is 0 Å². The largest absolute Gasteiger partial charge is 0.378 e. The van der Waals surface area contributed by atoms with E-state index in [0.29, 0.717) is 11.1 Å². The van der Waals surface area contributed by atoms with Crippen LogP contribution in [0.25, 0.3) is 0 Å². The molecule has 2 amide bonds. The predicted octanol–water partition coefficient (Wildman–Crippen LogP) is 6.42. The summed E-state index contributed by atoms with van der Waals surface area (Å²) >= 11 is 0. The van der Waals surface area contributed by atoms with E-state index in [4.69, 9.17) is 4.74 Å². The normalized spacial score (nSPS) is 12.9. The second kappa shape index (κ2) is 13.4. The monoisotopic (exact) mass is 577 g/mol. The number of morpholine rings is 1. The number of benzene rings is 4. The molecule has 0 spiro atoms. The fraction of sp³-hybridized carbons (Fsp3) is 0.257. The number of hydrogen-bond donors (Lipinski definition) is 2. The molecule has 0 aromatic heterocycles. The first-order valence-electron chi connectivity index (χ1n) is 14.6. The number of anilines is 6. The van der Waals surface area contributed by atoms with Crippen molar-refractivity contribution in [2.24, 2.45) is 0 Å². The van der Waals surface area contributed by atoms with Crippen molar-refractivity contribution in [1.29, 1.82) is 0 Å². The molecule has 1 heterocycles. The van der Waals surface area contributed by atoms with Gasteiger partial charge in [-0.25, -0.2) is 0 Å². The van der Waals surface area contributed by atoms with E-state index in [1.807, 2.05) is 117 Å². The lowest BCUT2D eigenvalue weighted by molar-refractivity contribution is 0.101. The zero-order valence-corrected chi connectivity index (χ0v) is 25.3. The van der Waals surface area contributed by atoms with Crippen LogP contribution in [0.2, 0.25) is 0 Å². The van der Waals surface area contributed by atoms with Crippen molar-refractivity contribution in [3.63, 3.8) is 0 Å². The molecule has 4 aromatic carbocycles. The quantitative estimate of drug-likeness (QED) is 0.239. The molecule has 2 N–H and O–H groups in total. The Hall–Kier alpha value is -4.82.